The second-order valence-electron chi connectivity index (χ2n) is 6.27. The molecule has 6 heteroatoms. The van der Waals surface area contributed by atoms with Gasteiger partial charge in [-0.25, -0.2) is 0 Å². The van der Waals surface area contributed by atoms with Crippen molar-refractivity contribution < 1.29 is 4.79 Å². The first-order valence-corrected chi connectivity index (χ1v) is 7.83. The molecule has 3 atom stereocenters. The summed E-state index contributed by atoms with van der Waals surface area (Å²) in [6, 6.07) is 8.68. The van der Waals surface area contributed by atoms with Crippen LogP contribution in [0.3, 0.4) is 0 Å². The summed E-state index contributed by atoms with van der Waals surface area (Å²) in [5.41, 5.74) is 2.69. The molecule has 1 N–H and O–H groups in total. The lowest BCUT2D eigenvalue weighted by Gasteiger charge is -2.33. The van der Waals surface area contributed by atoms with Crippen LogP contribution in [0.2, 0.25) is 0 Å². The molecular formula is C16H19N5O. The Bertz CT molecular complexity index is 684. The third-order valence-corrected chi connectivity index (χ3v) is 4.95. The number of aryl methyl sites for hydroxylation is 1. The topological polar surface area (TPSA) is 74.8 Å². The van der Waals surface area contributed by atoms with Gasteiger partial charge in [-0.2, -0.15) is 5.21 Å². The number of hydrogen-bond donors (Lipinski definition) is 1. The van der Waals surface area contributed by atoms with Crippen LogP contribution in [0.1, 0.15) is 48.2 Å². The molecule has 1 unspecified atom stereocenters. The highest BCUT2D eigenvalue weighted by Gasteiger charge is 2.48. The molecule has 0 saturated heterocycles. The monoisotopic (exact) mass is 297 g/mol. The number of hydrogen-bond acceptors (Lipinski definition) is 4. The van der Waals surface area contributed by atoms with E-state index in [0.717, 1.165) is 25.7 Å². The fourth-order valence-corrected chi connectivity index (χ4v) is 3.63. The largest absolute Gasteiger partial charge is 0.338 e. The van der Waals surface area contributed by atoms with Crippen LogP contribution >= 0.6 is 0 Å². The van der Waals surface area contributed by atoms with E-state index < -0.39 is 0 Å². The van der Waals surface area contributed by atoms with Crippen molar-refractivity contribution in [1.29, 1.82) is 0 Å². The van der Waals surface area contributed by atoms with E-state index >= 15 is 0 Å². The molecule has 4 rings (SSSR count). The Kier molecular flexibility index (Phi) is 3.17. The molecule has 114 valence electrons. The van der Waals surface area contributed by atoms with Gasteiger partial charge in [0.05, 0.1) is 6.04 Å². The number of tetrazole rings is 1. The predicted molar refractivity (Wildman–Crippen MR) is 79.9 cm³/mol. The van der Waals surface area contributed by atoms with Gasteiger partial charge < -0.3 is 4.90 Å². The number of rotatable bonds is 3. The Morgan fingerprint density at radius 2 is 2.23 bits per heavy atom. The van der Waals surface area contributed by atoms with E-state index in [2.05, 4.69) is 44.9 Å². The average Bonchev–Trinajstić information content (AvgIpc) is 3.18. The lowest BCUT2D eigenvalue weighted by molar-refractivity contribution is -0.133. The number of fused-ring (bicyclic) bond motifs is 1. The van der Waals surface area contributed by atoms with Gasteiger partial charge in [0, 0.05) is 18.9 Å². The lowest BCUT2D eigenvalue weighted by atomic mass is 9.87. The van der Waals surface area contributed by atoms with Gasteiger partial charge in [-0.05, 0) is 36.8 Å². The zero-order valence-electron chi connectivity index (χ0n) is 12.6. The summed E-state index contributed by atoms with van der Waals surface area (Å²) < 4.78 is 0. The molecule has 2 aliphatic rings. The minimum absolute atomic E-state index is 0.0108. The summed E-state index contributed by atoms with van der Waals surface area (Å²) in [4.78, 5) is 14.7. The lowest BCUT2D eigenvalue weighted by Crippen LogP contribution is -2.34. The van der Waals surface area contributed by atoms with E-state index in [1.165, 1.54) is 11.1 Å². The van der Waals surface area contributed by atoms with Crippen molar-refractivity contribution in [3.05, 3.63) is 41.2 Å². The van der Waals surface area contributed by atoms with E-state index in [-0.39, 0.29) is 23.8 Å². The predicted octanol–water partition coefficient (Wildman–Crippen LogP) is 1.84. The maximum Gasteiger partial charge on any atom is 0.226 e. The van der Waals surface area contributed by atoms with Crippen LogP contribution in [0.25, 0.3) is 0 Å². The molecule has 0 aliphatic heterocycles. The van der Waals surface area contributed by atoms with Crippen molar-refractivity contribution in [1.82, 2.24) is 25.5 Å². The number of benzene rings is 1. The van der Waals surface area contributed by atoms with Crippen molar-refractivity contribution in [2.45, 2.75) is 37.6 Å². The number of aromatic amines is 1. The zero-order chi connectivity index (χ0) is 15.1. The highest BCUT2D eigenvalue weighted by atomic mass is 16.2. The second kappa shape index (κ2) is 5.19. The van der Waals surface area contributed by atoms with Crippen LogP contribution in [-0.4, -0.2) is 38.5 Å². The Morgan fingerprint density at radius 3 is 3.05 bits per heavy atom. The number of H-pyrrole nitrogens is 1. The Hall–Kier alpha value is -2.24. The molecule has 22 heavy (non-hydrogen) atoms. The SMILES string of the molecule is CN(C(=O)[C@@H]1C[C@H]1c1nn[nH]n1)C1CCCc2ccccc21. The summed E-state index contributed by atoms with van der Waals surface area (Å²) in [7, 11) is 1.93. The molecule has 2 aliphatic carbocycles. The van der Waals surface area contributed by atoms with Gasteiger partial charge >= 0.3 is 0 Å². The van der Waals surface area contributed by atoms with Crippen molar-refractivity contribution in [2.24, 2.45) is 5.92 Å². The van der Waals surface area contributed by atoms with Crippen LogP contribution in [0.4, 0.5) is 0 Å². The second-order valence-corrected chi connectivity index (χ2v) is 6.27. The number of aromatic nitrogens is 4. The Morgan fingerprint density at radius 1 is 1.36 bits per heavy atom. The Balaban J connectivity index is 1.51. The highest BCUT2D eigenvalue weighted by molar-refractivity contribution is 5.83. The van der Waals surface area contributed by atoms with E-state index in [4.69, 9.17) is 0 Å². The first kappa shape index (κ1) is 13.4. The first-order valence-electron chi connectivity index (χ1n) is 7.83. The zero-order valence-corrected chi connectivity index (χ0v) is 12.6. The molecule has 0 bridgehead atoms. The first-order chi connectivity index (χ1) is 10.8. The molecule has 0 radical (unpaired) electrons. The van der Waals surface area contributed by atoms with Crippen LogP contribution in [-0.2, 0) is 11.2 Å². The summed E-state index contributed by atoms with van der Waals surface area (Å²) in [6.45, 7) is 0. The summed E-state index contributed by atoms with van der Waals surface area (Å²) in [6.07, 6.45) is 4.12. The van der Waals surface area contributed by atoms with Crippen LogP contribution in [0.5, 0.6) is 0 Å². The molecule has 0 spiro atoms. The maximum absolute atomic E-state index is 12.8. The minimum atomic E-state index is 0.0108. The van der Waals surface area contributed by atoms with Crippen molar-refractivity contribution >= 4 is 5.91 Å². The fraction of sp³-hybridized carbons (Fsp3) is 0.500. The molecule has 1 heterocycles. The van der Waals surface area contributed by atoms with E-state index in [1.807, 2.05) is 11.9 Å². The molecule has 1 amide bonds. The number of carbonyl (C=O) groups is 1. The Labute approximate surface area is 128 Å². The molecule has 1 fully saturated rings. The minimum Gasteiger partial charge on any atom is -0.338 e. The maximum atomic E-state index is 12.8. The standard InChI is InChI=1S/C16H19N5O/c1-21(14-8-4-6-10-5-2-3-7-11(10)14)16(22)13-9-12(13)15-17-19-20-18-15/h2-3,5,7,12-14H,4,6,8-9H2,1H3,(H,17,18,19,20)/t12-,13-,14?/m1/s1. The number of nitrogens with zero attached hydrogens (tertiary/aromatic N) is 4. The number of amides is 1. The van der Waals surface area contributed by atoms with Gasteiger partial charge in [0.25, 0.3) is 0 Å². The van der Waals surface area contributed by atoms with Gasteiger partial charge in [-0.1, -0.05) is 29.5 Å². The van der Waals surface area contributed by atoms with Gasteiger partial charge in [-0.15, -0.1) is 10.2 Å². The molecular weight excluding hydrogens is 278 g/mol. The van der Waals surface area contributed by atoms with Gasteiger partial charge in [0.2, 0.25) is 5.91 Å². The average molecular weight is 297 g/mol. The van der Waals surface area contributed by atoms with Gasteiger partial charge in [0.15, 0.2) is 5.82 Å². The summed E-state index contributed by atoms with van der Waals surface area (Å²) in [5, 5.41) is 14.0. The molecule has 2 aromatic rings. The van der Waals surface area contributed by atoms with Crippen LogP contribution in [0, 0.1) is 5.92 Å². The smallest absolute Gasteiger partial charge is 0.226 e. The normalized spacial score (nSPS) is 26.3. The quantitative estimate of drug-likeness (QED) is 0.938. The number of carbonyl (C=O) groups excluding carboxylic acids is 1. The van der Waals surface area contributed by atoms with Crippen LogP contribution < -0.4 is 0 Å². The van der Waals surface area contributed by atoms with Gasteiger partial charge in [-0.3, -0.25) is 4.79 Å². The van der Waals surface area contributed by atoms with E-state index in [1.54, 1.807) is 0 Å². The molecule has 1 aromatic carbocycles. The number of nitrogens with one attached hydrogen (secondary N) is 1. The van der Waals surface area contributed by atoms with E-state index in [9.17, 15) is 4.79 Å². The molecule has 1 aromatic heterocycles. The summed E-state index contributed by atoms with van der Waals surface area (Å²) in [5.74, 6) is 1.01. The van der Waals surface area contributed by atoms with Gasteiger partial charge in [0.1, 0.15) is 0 Å². The highest BCUT2D eigenvalue weighted by Crippen LogP contribution is 2.48. The van der Waals surface area contributed by atoms with E-state index in [0.29, 0.717) is 5.82 Å². The third-order valence-electron chi connectivity index (χ3n) is 4.95. The molecule has 6 nitrogen and oxygen atoms in total. The summed E-state index contributed by atoms with van der Waals surface area (Å²) >= 11 is 0. The fourth-order valence-electron chi connectivity index (χ4n) is 3.63. The van der Waals surface area contributed by atoms with Crippen LogP contribution in [0.15, 0.2) is 24.3 Å². The third kappa shape index (κ3) is 2.19. The van der Waals surface area contributed by atoms with Crippen molar-refractivity contribution in [3.63, 3.8) is 0 Å². The molecule has 1 saturated carbocycles. The van der Waals surface area contributed by atoms with Crippen molar-refractivity contribution in [2.75, 3.05) is 7.05 Å². The van der Waals surface area contributed by atoms with Crippen molar-refractivity contribution in [3.8, 4) is 0 Å².